The minimum absolute atomic E-state index is 0. The SMILES string of the molecule is Cc1cc2cc(C)c(C)cc2[cH-]1.Cc1cc2cc(C)c(C)cc2[cH-]1.[Cl-].[Cl-].[Zr+2].[Zr+2]. The van der Waals surface area contributed by atoms with E-state index >= 15 is 0 Å². The first kappa shape index (κ1) is 30.2. The fraction of sp³-hybridized carbons (Fsp3) is 0.250. The van der Waals surface area contributed by atoms with Crippen molar-refractivity contribution in [1.82, 2.24) is 0 Å². The Balaban J connectivity index is 0. The number of hydrogen-bond acceptors (Lipinski definition) is 0. The second-order valence-corrected chi connectivity index (χ2v) is 7.20. The summed E-state index contributed by atoms with van der Waals surface area (Å²) in [4.78, 5) is 0. The van der Waals surface area contributed by atoms with Crippen LogP contribution in [-0.2, 0) is 52.4 Å². The van der Waals surface area contributed by atoms with Crippen molar-refractivity contribution in [1.29, 1.82) is 0 Å². The van der Waals surface area contributed by atoms with E-state index in [4.69, 9.17) is 0 Å². The summed E-state index contributed by atoms with van der Waals surface area (Å²) >= 11 is 0. The summed E-state index contributed by atoms with van der Waals surface area (Å²) < 4.78 is 0. The van der Waals surface area contributed by atoms with Crippen LogP contribution in [0.25, 0.3) is 21.5 Å². The molecule has 0 atom stereocenters. The summed E-state index contributed by atoms with van der Waals surface area (Å²) in [5.41, 5.74) is 8.24. The van der Waals surface area contributed by atoms with Crippen LogP contribution in [0.15, 0.2) is 48.5 Å². The predicted octanol–water partition coefficient (Wildman–Crippen LogP) is 0.971. The van der Waals surface area contributed by atoms with E-state index in [0.717, 1.165) is 0 Å². The summed E-state index contributed by atoms with van der Waals surface area (Å²) in [5.74, 6) is 0. The Hall–Kier alpha value is 0.00623. The van der Waals surface area contributed by atoms with Gasteiger partial charge in [0.15, 0.2) is 0 Å². The largest absolute Gasteiger partial charge is 2.00 e. The smallest absolute Gasteiger partial charge is 1.00 e. The average Bonchev–Trinajstić information content (AvgIpc) is 3.01. The Bertz CT molecular complexity index is 864. The number of fused-ring (bicyclic) bond motifs is 2. The van der Waals surface area contributed by atoms with Crippen LogP contribution >= 0.6 is 0 Å². The van der Waals surface area contributed by atoms with Gasteiger partial charge >= 0.3 is 52.4 Å². The summed E-state index contributed by atoms with van der Waals surface area (Å²) in [7, 11) is 0. The van der Waals surface area contributed by atoms with Crippen LogP contribution in [0.2, 0.25) is 0 Å². The number of halogens is 2. The molecule has 4 heteroatoms. The van der Waals surface area contributed by atoms with Crippen molar-refractivity contribution in [3.05, 3.63) is 81.9 Å². The van der Waals surface area contributed by atoms with E-state index < -0.39 is 0 Å². The summed E-state index contributed by atoms with van der Waals surface area (Å²) in [6, 6.07) is 18.0. The summed E-state index contributed by atoms with van der Waals surface area (Å²) in [6.45, 7) is 12.9. The Morgan fingerprint density at radius 3 is 1.07 bits per heavy atom. The van der Waals surface area contributed by atoms with Gasteiger partial charge in [-0.3, -0.25) is 0 Å². The molecule has 0 spiro atoms. The molecule has 0 saturated carbocycles. The van der Waals surface area contributed by atoms with Gasteiger partial charge in [0.2, 0.25) is 0 Å². The normalized spacial score (nSPS) is 9.36. The molecule has 0 unspecified atom stereocenters. The number of hydrogen-bond donors (Lipinski definition) is 0. The molecule has 4 aromatic carbocycles. The Morgan fingerprint density at radius 1 is 0.464 bits per heavy atom. The van der Waals surface area contributed by atoms with Crippen LogP contribution in [0.3, 0.4) is 0 Å². The first-order chi connectivity index (χ1) is 11.3. The monoisotopic (exact) mass is 564 g/mol. The molecule has 0 heterocycles. The molecule has 0 amide bonds. The number of rotatable bonds is 0. The van der Waals surface area contributed by atoms with Crippen LogP contribution < -0.4 is 24.8 Å². The third kappa shape index (κ3) is 7.06. The van der Waals surface area contributed by atoms with Gasteiger partial charge in [-0.1, -0.05) is 36.1 Å². The van der Waals surface area contributed by atoms with Gasteiger partial charge in [0.1, 0.15) is 0 Å². The summed E-state index contributed by atoms with van der Waals surface area (Å²) in [5, 5.41) is 5.48. The first-order valence-corrected chi connectivity index (χ1v) is 8.62. The molecule has 4 rings (SSSR count). The topological polar surface area (TPSA) is 0 Å². The maximum Gasteiger partial charge on any atom is 2.00 e. The molecule has 0 radical (unpaired) electrons. The Kier molecular flexibility index (Phi) is 13.6. The molecular formula is C24H26Cl2Zr2. The molecule has 144 valence electrons. The second kappa shape index (κ2) is 12.6. The van der Waals surface area contributed by atoms with Crippen LogP contribution in [0.1, 0.15) is 33.4 Å². The van der Waals surface area contributed by atoms with Gasteiger partial charge in [0.05, 0.1) is 0 Å². The fourth-order valence-electron chi connectivity index (χ4n) is 3.29. The minimum Gasteiger partial charge on any atom is -1.00 e. The van der Waals surface area contributed by atoms with Gasteiger partial charge in [-0.15, -0.1) is 69.1 Å². The van der Waals surface area contributed by atoms with Gasteiger partial charge in [0, 0.05) is 0 Å². The molecule has 4 aromatic rings. The van der Waals surface area contributed by atoms with E-state index in [2.05, 4.69) is 90.1 Å². The van der Waals surface area contributed by atoms with Crippen molar-refractivity contribution in [2.45, 2.75) is 41.5 Å². The fourth-order valence-corrected chi connectivity index (χ4v) is 3.29. The van der Waals surface area contributed by atoms with E-state index in [-0.39, 0.29) is 77.2 Å². The van der Waals surface area contributed by atoms with Crippen LogP contribution in [0, 0.1) is 41.5 Å². The molecule has 0 aliphatic rings. The molecule has 0 N–H and O–H groups in total. The molecule has 0 aromatic heterocycles. The molecule has 0 aliphatic carbocycles. The Morgan fingerprint density at radius 2 is 0.750 bits per heavy atom. The van der Waals surface area contributed by atoms with Gasteiger partial charge < -0.3 is 24.8 Å². The Labute approximate surface area is 220 Å². The van der Waals surface area contributed by atoms with Crippen molar-refractivity contribution in [2.24, 2.45) is 0 Å². The van der Waals surface area contributed by atoms with Crippen LogP contribution in [0.4, 0.5) is 0 Å². The van der Waals surface area contributed by atoms with Crippen molar-refractivity contribution in [3.8, 4) is 0 Å². The maximum absolute atomic E-state index is 2.26. The van der Waals surface area contributed by atoms with E-state index in [1.54, 1.807) is 0 Å². The third-order valence-electron chi connectivity index (χ3n) is 4.93. The summed E-state index contributed by atoms with van der Waals surface area (Å²) in [6.07, 6.45) is 0. The predicted molar refractivity (Wildman–Crippen MR) is 108 cm³/mol. The molecule has 28 heavy (non-hydrogen) atoms. The standard InChI is InChI=1S/2C12H13.2ClH.2Zr/c2*1-8-4-11-6-9(2)10(3)7-12(11)5-8;;;;/h2*4-7H,1-3H3;2*1H;;/q2*-1;;;2*+2/p-2. The van der Waals surface area contributed by atoms with Gasteiger partial charge in [-0.25, -0.2) is 0 Å². The molecule has 0 bridgehead atoms. The zero-order chi connectivity index (χ0) is 17.4. The van der Waals surface area contributed by atoms with Crippen molar-refractivity contribution in [2.75, 3.05) is 0 Å². The molecular weight excluding hydrogens is 542 g/mol. The van der Waals surface area contributed by atoms with E-state index in [9.17, 15) is 0 Å². The van der Waals surface area contributed by atoms with Gasteiger partial charge in [0.25, 0.3) is 0 Å². The zero-order valence-corrected chi connectivity index (χ0v) is 23.8. The molecule has 0 aliphatic heterocycles. The maximum atomic E-state index is 2.26. The van der Waals surface area contributed by atoms with Crippen molar-refractivity contribution in [3.63, 3.8) is 0 Å². The minimum atomic E-state index is 0. The molecule has 0 fully saturated rings. The van der Waals surface area contributed by atoms with Crippen molar-refractivity contribution < 1.29 is 77.2 Å². The van der Waals surface area contributed by atoms with Gasteiger partial charge in [-0.2, -0.15) is 12.1 Å². The first-order valence-electron chi connectivity index (χ1n) is 8.62. The van der Waals surface area contributed by atoms with Crippen molar-refractivity contribution >= 4 is 21.5 Å². The number of aryl methyl sites for hydroxylation is 6. The molecule has 0 saturated heterocycles. The van der Waals surface area contributed by atoms with Crippen LogP contribution in [0.5, 0.6) is 0 Å². The van der Waals surface area contributed by atoms with Gasteiger partial charge in [-0.05, 0) is 27.7 Å². The average molecular weight is 568 g/mol. The second-order valence-electron chi connectivity index (χ2n) is 7.20. The van der Waals surface area contributed by atoms with E-state index in [0.29, 0.717) is 0 Å². The van der Waals surface area contributed by atoms with E-state index in [1.165, 1.54) is 54.9 Å². The third-order valence-corrected chi connectivity index (χ3v) is 4.93. The quantitative estimate of drug-likeness (QED) is 0.278. The van der Waals surface area contributed by atoms with E-state index in [1.807, 2.05) is 0 Å². The molecule has 0 nitrogen and oxygen atoms in total. The van der Waals surface area contributed by atoms with Crippen LogP contribution in [-0.4, -0.2) is 0 Å². The number of benzene rings is 2. The zero-order valence-electron chi connectivity index (χ0n) is 17.4.